The van der Waals surface area contributed by atoms with E-state index in [1.807, 2.05) is 0 Å². The molecule has 0 saturated heterocycles. The van der Waals surface area contributed by atoms with Gasteiger partial charge in [0.1, 0.15) is 0 Å². The Morgan fingerprint density at radius 3 is 2.62 bits per heavy atom. The Balaban J connectivity index is 1.57. The van der Waals surface area contributed by atoms with Crippen LogP contribution in [0.15, 0.2) is 11.6 Å². The first-order valence-corrected chi connectivity index (χ1v) is 5.76. The number of hydrogen-bond acceptors (Lipinski definition) is 1. The van der Waals surface area contributed by atoms with Gasteiger partial charge >= 0.3 is 0 Å². The zero-order valence-electron chi connectivity index (χ0n) is 8.68. The minimum absolute atomic E-state index is 0.873. The molecular formula is C12H21N. The molecule has 0 aromatic rings. The average Bonchev–Trinajstić information content (AvgIpc) is 2.77. The Morgan fingerprint density at radius 2 is 2.08 bits per heavy atom. The van der Waals surface area contributed by atoms with E-state index >= 15 is 0 Å². The van der Waals surface area contributed by atoms with Gasteiger partial charge in [-0.3, -0.25) is 0 Å². The van der Waals surface area contributed by atoms with Crippen LogP contribution in [0.25, 0.3) is 0 Å². The van der Waals surface area contributed by atoms with Crippen molar-refractivity contribution in [3.05, 3.63) is 11.6 Å². The summed E-state index contributed by atoms with van der Waals surface area (Å²) in [7, 11) is 0. The predicted molar refractivity (Wildman–Crippen MR) is 56.7 cm³/mol. The third-order valence-corrected chi connectivity index (χ3v) is 3.37. The molecule has 1 heteroatoms. The van der Waals surface area contributed by atoms with Crippen LogP contribution in [0.3, 0.4) is 0 Å². The molecule has 0 unspecified atom stereocenters. The van der Waals surface area contributed by atoms with Crippen molar-refractivity contribution in [3.63, 3.8) is 0 Å². The molecule has 2 fully saturated rings. The molecule has 0 spiro atoms. The van der Waals surface area contributed by atoms with Gasteiger partial charge in [0.15, 0.2) is 0 Å². The fourth-order valence-corrected chi connectivity index (χ4v) is 1.91. The third-order valence-electron chi connectivity index (χ3n) is 3.37. The van der Waals surface area contributed by atoms with E-state index in [-0.39, 0.29) is 0 Å². The van der Waals surface area contributed by atoms with E-state index in [0.717, 1.165) is 12.0 Å². The SMILES string of the molecule is CC(=CCCNC1CC1)C1CCC1. The molecule has 2 rings (SSSR count). The minimum atomic E-state index is 0.873. The molecule has 2 aliphatic rings. The second-order valence-electron chi connectivity index (χ2n) is 4.59. The predicted octanol–water partition coefficient (Wildman–Crippen LogP) is 2.87. The average molecular weight is 179 g/mol. The summed E-state index contributed by atoms with van der Waals surface area (Å²) in [5, 5.41) is 3.54. The molecule has 0 aliphatic heterocycles. The third kappa shape index (κ3) is 2.84. The Hall–Kier alpha value is -0.300. The maximum absolute atomic E-state index is 3.54. The van der Waals surface area contributed by atoms with Gasteiger partial charge in [-0.2, -0.15) is 0 Å². The van der Waals surface area contributed by atoms with Gasteiger partial charge in [0.25, 0.3) is 0 Å². The zero-order valence-corrected chi connectivity index (χ0v) is 8.68. The molecule has 0 heterocycles. The summed E-state index contributed by atoms with van der Waals surface area (Å²) in [6.07, 6.45) is 10.8. The van der Waals surface area contributed by atoms with Crippen molar-refractivity contribution in [3.8, 4) is 0 Å². The summed E-state index contributed by atoms with van der Waals surface area (Å²) in [5.74, 6) is 0.945. The van der Waals surface area contributed by atoms with Gasteiger partial charge in [0, 0.05) is 6.04 Å². The number of hydrogen-bond donors (Lipinski definition) is 1. The molecule has 74 valence electrons. The van der Waals surface area contributed by atoms with E-state index in [1.165, 1.54) is 45.1 Å². The number of rotatable bonds is 5. The standard InChI is InChI=1S/C12H21N/c1-10(11-5-2-6-11)4-3-9-13-12-7-8-12/h4,11-13H,2-3,5-9H2,1H3. The molecule has 0 radical (unpaired) electrons. The first kappa shape index (κ1) is 9.26. The van der Waals surface area contributed by atoms with Crippen LogP contribution in [-0.2, 0) is 0 Å². The molecule has 13 heavy (non-hydrogen) atoms. The highest BCUT2D eigenvalue weighted by atomic mass is 14.9. The van der Waals surface area contributed by atoms with Crippen molar-refractivity contribution in [1.82, 2.24) is 5.32 Å². The summed E-state index contributed by atoms with van der Waals surface area (Å²) in [6.45, 7) is 3.50. The van der Waals surface area contributed by atoms with Gasteiger partial charge in [-0.05, 0) is 51.5 Å². The van der Waals surface area contributed by atoms with Gasteiger partial charge in [0.2, 0.25) is 0 Å². The summed E-state index contributed by atoms with van der Waals surface area (Å²) in [5.41, 5.74) is 1.64. The Kier molecular flexibility index (Phi) is 3.05. The lowest BCUT2D eigenvalue weighted by Crippen LogP contribution is -2.17. The molecule has 2 aliphatic carbocycles. The molecule has 2 saturated carbocycles. The van der Waals surface area contributed by atoms with E-state index in [4.69, 9.17) is 0 Å². The van der Waals surface area contributed by atoms with Crippen molar-refractivity contribution in [2.75, 3.05) is 6.54 Å². The fourth-order valence-electron chi connectivity index (χ4n) is 1.91. The lowest BCUT2D eigenvalue weighted by Gasteiger charge is -2.26. The van der Waals surface area contributed by atoms with Gasteiger partial charge in [-0.15, -0.1) is 0 Å². The lowest BCUT2D eigenvalue weighted by atomic mass is 9.80. The normalized spacial score (nSPS) is 24.5. The van der Waals surface area contributed by atoms with Crippen LogP contribution in [0.1, 0.15) is 45.4 Å². The van der Waals surface area contributed by atoms with Crippen molar-refractivity contribution in [2.24, 2.45) is 5.92 Å². The monoisotopic (exact) mass is 179 g/mol. The highest BCUT2D eigenvalue weighted by Crippen LogP contribution is 2.32. The van der Waals surface area contributed by atoms with Gasteiger partial charge in [0.05, 0.1) is 0 Å². The Morgan fingerprint density at radius 1 is 1.31 bits per heavy atom. The van der Waals surface area contributed by atoms with Crippen molar-refractivity contribution < 1.29 is 0 Å². The minimum Gasteiger partial charge on any atom is -0.314 e. The van der Waals surface area contributed by atoms with E-state index in [1.54, 1.807) is 5.57 Å². The second-order valence-corrected chi connectivity index (χ2v) is 4.59. The number of allylic oxidation sites excluding steroid dienone is 1. The first-order chi connectivity index (χ1) is 6.36. The van der Waals surface area contributed by atoms with Crippen LogP contribution in [0, 0.1) is 5.92 Å². The van der Waals surface area contributed by atoms with Gasteiger partial charge in [-0.1, -0.05) is 18.1 Å². The Labute approximate surface area is 81.6 Å². The summed E-state index contributed by atoms with van der Waals surface area (Å²) in [4.78, 5) is 0. The molecule has 0 aromatic heterocycles. The van der Waals surface area contributed by atoms with Crippen LogP contribution in [0.4, 0.5) is 0 Å². The zero-order chi connectivity index (χ0) is 9.10. The summed E-state index contributed by atoms with van der Waals surface area (Å²) in [6, 6.07) is 0.873. The number of nitrogens with one attached hydrogen (secondary N) is 1. The highest BCUT2D eigenvalue weighted by molar-refractivity contribution is 5.06. The van der Waals surface area contributed by atoms with E-state index in [9.17, 15) is 0 Å². The van der Waals surface area contributed by atoms with Gasteiger partial charge < -0.3 is 5.32 Å². The Bertz CT molecular complexity index is 187. The molecule has 1 N–H and O–H groups in total. The molecule has 1 nitrogen and oxygen atoms in total. The van der Waals surface area contributed by atoms with Crippen LogP contribution in [0.5, 0.6) is 0 Å². The van der Waals surface area contributed by atoms with Crippen molar-refractivity contribution in [2.45, 2.75) is 51.5 Å². The molecule has 0 atom stereocenters. The van der Waals surface area contributed by atoms with Crippen molar-refractivity contribution >= 4 is 0 Å². The molecular weight excluding hydrogens is 158 g/mol. The van der Waals surface area contributed by atoms with Crippen LogP contribution in [0.2, 0.25) is 0 Å². The van der Waals surface area contributed by atoms with Crippen molar-refractivity contribution in [1.29, 1.82) is 0 Å². The van der Waals surface area contributed by atoms with Gasteiger partial charge in [-0.25, -0.2) is 0 Å². The fraction of sp³-hybridized carbons (Fsp3) is 0.833. The largest absolute Gasteiger partial charge is 0.314 e. The molecule has 0 bridgehead atoms. The van der Waals surface area contributed by atoms with Crippen LogP contribution < -0.4 is 5.32 Å². The highest BCUT2D eigenvalue weighted by Gasteiger charge is 2.20. The van der Waals surface area contributed by atoms with E-state index in [0.29, 0.717) is 0 Å². The quantitative estimate of drug-likeness (QED) is 0.505. The first-order valence-electron chi connectivity index (χ1n) is 5.76. The van der Waals surface area contributed by atoms with E-state index in [2.05, 4.69) is 18.3 Å². The summed E-state index contributed by atoms with van der Waals surface area (Å²) < 4.78 is 0. The molecule has 0 amide bonds. The van der Waals surface area contributed by atoms with Crippen LogP contribution >= 0.6 is 0 Å². The maximum Gasteiger partial charge on any atom is 0.00683 e. The smallest absolute Gasteiger partial charge is 0.00683 e. The lowest BCUT2D eigenvalue weighted by molar-refractivity contribution is 0.367. The van der Waals surface area contributed by atoms with E-state index < -0.39 is 0 Å². The maximum atomic E-state index is 3.54. The summed E-state index contributed by atoms with van der Waals surface area (Å²) >= 11 is 0. The molecule has 0 aromatic carbocycles. The van der Waals surface area contributed by atoms with Crippen LogP contribution in [-0.4, -0.2) is 12.6 Å². The second kappa shape index (κ2) is 4.28. The topological polar surface area (TPSA) is 12.0 Å².